The van der Waals surface area contributed by atoms with E-state index in [9.17, 15) is 4.79 Å². The van der Waals surface area contributed by atoms with Crippen molar-refractivity contribution >= 4 is 21.9 Å². The minimum Gasteiger partial charge on any atom is -0.458 e. The highest BCUT2D eigenvalue weighted by molar-refractivity contribution is 9.10. The highest BCUT2D eigenvalue weighted by atomic mass is 79.9. The minimum absolute atomic E-state index is 0.173. The van der Waals surface area contributed by atoms with Gasteiger partial charge in [-0.25, -0.2) is 4.79 Å². The third-order valence-corrected chi connectivity index (χ3v) is 3.96. The number of rotatable bonds is 6. The number of likely N-dealkylation sites (N-methyl/N-ethyl adjacent to an activating group) is 1. The van der Waals surface area contributed by atoms with Crippen molar-refractivity contribution in [1.82, 2.24) is 4.90 Å². The molecule has 2 rings (SSSR count). The van der Waals surface area contributed by atoms with Gasteiger partial charge in [-0.2, -0.15) is 0 Å². The van der Waals surface area contributed by atoms with Crippen LogP contribution in [-0.2, 0) is 11.3 Å². The second-order valence-electron chi connectivity index (χ2n) is 5.38. The van der Waals surface area contributed by atoms with Crippen LogP contribution < -0.4 is 0 Å². The number of halogens is 1. The molecule has 0 spiro atoms. The lowest BCUT2D eigenvalue weighted by atomic mass is 10.2. The second kappa shape index (κ2) is 8.11. The van der Waals surface area contributed by atoms with Gasteiger partial charge in [-0.05, 0) is 47.6 Å². The van der Waals surface area contributed by atoms with Crippen LogP contribution in [0.3, 0.4) is 0 Å². The van der Waals surface area contributed by atoms with E-state index in [-0.39, 0.29) is 12.1 Å². The predicted molar refractivity (Wildman–Crippen MR) is 91.8 cm³/mol. The van der Waals surface area contributed by atoms with Gasteiger partial charge < -0.3 is 4.74 Å². The molecule has 2 aromatic rings. The fraction of sp³-hybridized carbons (Fsp3) is 0.278. The molecule has 0 radical (unpaired) electrons. The van der Waals surface area contributed by atoms with Crippen molar-refractivity contribution in [2.24, 2.45) is 0 Å². The lowest BCUT2D eigenvalue weighted by molar-refractivity contribution is 0.0267. The van der Waals surface area contributed by atoms with Crippen molar-refractivity contribution in [3.63, 3.8) is 0 Å². The number of carbonyl (C=O) groups is 1. The summed E-state index contributed by atoms with van der Waals surface area (Å²) in [5.41, 5.74) is 1.80. The molecule has 0 aliphatic rings. The fourth-order valence-corrected chi connectivity index (χ4v) is 2.76. The Bertz CT molecular complexity index is 615. The highest BCUT2D eigenvalue weighted by Crippen LogP contribution is 2.17. The molecule has 22 heavy (non-hydrogen) atoms. The maximum absolute atomic E-state index is 12.1. The third-order valence-electron chi connectivity index (χ3n) is 3.27. The summed E-state index contributed by atoms with van der Waals surface area (Å²) in [6.07, 6.45) is -0.173. The average Bonchev–Trinajstić information content (AvgIpc) is 2.48. The Morgan fingerprint density at radius 3 is 2.45 bits per heavy atom. The van der Waals surface area contributed by atoms with Gasteiger partial charge in [0.25, 0.3) is 0 Å². The molecule has 0 aliphatic carbocycles. The van der Waals surface area contributed by atoms with Gasteiger partial charge in [0.2, 0.25) is 0 Å². The maximum atomic E-state index is 12.1. The summed E-state index contributed by atoms with van der Waals surface area (Å²) in [4.78, 5) is 14.3. The normalized spacial score (nSPS) is 12.2. The molecule has 116 valence electrons. The Hall–Kier alpha value is -1.65. The number of nitrogens with zero attached hydrogens (tertiary/aromatic N) is 1. The van der Waals surface area contributed by atoms with Crippen LogP contribution in [0.5, 0.6) is 0 Å². The zero-order valence-electron chi connectivity index (χ0n) is 12.8. The summed E-state index contributed by atoms with van der Waals surface area (Å²) >= 11 is 3.37. The molecule has 0 saturated carbocycles. The molecule has 0 heterocycles. The molecular formula is C18H20BrNO2. The number of hydrogen-bond donors (Lipinski definition) is 0. The number of esters is 1. The van der Waals surface area contributed by atoms with E-state index in [4.69, 9.17) is 4.74 Å². The van der Waals surface area contributed by atoms with E-state index < -0.39 is 0 Å². The number of ether oxygens (including phenoxy) is 1. The molecule has 0 unspecified atom stereocenters. The first kappa shape index (κ1) is 16.7. The quantitative estimate of drug-likeness (QED) is 0.724. The van der Waals surface area contributed by atoms with Gasteiger partial charge >= 0.3 is 5.97 Å². The fourth-order valence-electron chi connectivity index (χ4n) is 2.31. The SMILES string of the molecule is C[C@@H](CN(C)Cc1ccccc1)OC(=O)c1ccccc1Br. The van der Waals surface area contributed by atoms with Crippen LogP contribution in [-0.4, -0.2) is 30.6 Å². The predicted octanol–water partition coefficient (Wildman–Crippen LogP) is 4.13. The Balaban J connectivity index is 1.86. The summed E-state index contributed by atoms with van der Waals surface area (Å²) in [5.74, 6) is -0.298. The number of hydrogen-bond acceptors (Lipinski definition) is 3. The van der Waals surface area contributed by atoms with Crippen molar-refractivity contribution in [3.05, 3.63) is 70.2 Å². The molecule has 2 aromatic carbocycles. The molecule has 1 atom stereocenters. The van der Waals surface area contributed by atoms with Crippen LogP contribution in [0, 0.1) is 0 Å². The van der Waals surface area contributed by atoms with E-state index in [1.807, 2.05) is 50.4 Å². The van der Waals surface area contributed by atoms with Crippen molar-refractivity contribution < 1.29 is 9.53 Å². The first-order valence-electron chi connectivity index (χ1n) is 7.24. The first-order valence-corrected chi connectivity index (χ1v) is 8.03. The summed E-state index contributed by atoms with van der Waals surface area (Å²) in [5, 5.41) is 0. The smallest absolute Gasteiger partial charge is 0.339 e. The zero-order valence-corrected chi connectivity index (χ0v) is 14.4. The van der Waals surface area contributed by atoms with Crippen molar-refractivity contribution in [1.29, 1.82) is 0 Å². The molecule has 0 amide bonds. The molecule has 0 fully saturated rings. The number of carbonyl (C=O) groups excluding carboxylic acids is 1. The summed E-state index contributed by atoms with van der Waals surface area (Å²) in [7, 11) is 2.02. The van der Waals surface area contributed by atoms with E-state index in [1.54, 1.807) is 6.07 Å². The van der Waals surface area contributed by atoms with Crippen molar-refractivity contribution in [2.75, 3.05) is 13.6 Å². The van der Waals surface area contributed by atoms with Crippen molar-refractivity contribution in [2.45, 2.75) is 19.6 Å². The standard InChI is InChI=1S/C18H20BrNO2/c1-14(12-20(2)13-15-8-4-3-5-9-15)22-18(21)16-10-6-7-11-17(16)19/h3-11,14H,12-13H2,1-2H3/t14-/m0/s1. The van der Waals surface area contributed by atoms with Gasteiger partial charge in [0.15, 0.2) is 0 Å². The molecule has 0 aliphatic heterocycles. The average molecular weight is 362 g/mol. The van der Waals surface area contributed by atoms with Crippen LogP contribution in [0.25, 0.3) is 0 Å². The number of benzene rings is 2. The molecule has 3 nitrogen and oxygen atoms in total. The zero-order chi connectivity index (χ0) is 15.9. The van der Waals surface area contributed by atoms with Crippen LogP contribution >= 0.6 is 15.9 Å². The Morgan fingerprint density at radius 2 is 1.77 bits per heavy atom. The third kappa shape index (κ3) is 4.97. The maximum Gasteiger partial charge on any atom is 0.339 e. The van der Waals surface area contributed by atoms with E-state index in [1.165, 1.54) is 5.56 Å². The highest BCUT2D eigenvalue weighted by Gasteiger charge is 2.15. The van der Waals surface area contributed by atoms with E-state index >= 15 is 0 Å². The second-order valence-corrected chi connectivity index (χ2v) is 6.23. The molecule has 0 bridgehead atoms. The van der Waals surface area contributed by atoms with Crippen LogP contribution in [0.4, 0.5) is 0 Å². The molecule has 4 heteroatoms. The van der Waals surface area contributed by atoms with Gasteiger partial charge in [0.1, 0.15) is 6.10 Å². The van der Waals surface area contributed by atoms with Crippen LogP contribution in [0.2, 0.25) is 0 Å². The van der Waals surface area contributed by atoms with Gasteiger partial charge in [0.05, 0.1) is 5.56 Å². The lowest BCUT2D eigenvalue weighted by Crippen LogP contribution is -2.30. The topological polar surface area (TPSA) is 29.5 Å². The lowest BCUT2D eigenvalue weighted by Gasteiger charge is -2.21. The Morgan fingerprint density at radius 1 is 1.14 bits per heavy atom. The monoisotopic (exact) mass is 361 g/mol. The Labute approximate surface area is 140 Å². The molecule has 0 N–H and O–H groups in total. The first-order chi connectivity index (χ1) is 10.6. The summed E-state index contributed by atoms with van der Waals surface area (Å²) in [6, 6.07) is 17.5. The van der Waals surface area contributed by atoms with E-state index in [0.29, 0.717) is 12.1 Å². The molecular weight excluding hydrogens is 342 g/mol. The van der Waals surface area contributed by atoms with Gasteiger partial charge in [-0.1, -0.05) is 42.5 Å². The van der Waals surface area contributed by atoms with E-state index in [2.05, 4.69) is 33.0 Å². The van der Waals surface area contributed by atoms with Gasteiger partial charge in [-0.15, -0.1) is 0 Å². The van der Waals surface area contributed by atoms with Crippen molar-refractivity contribution in [3.8, 4) is 0 Å². The van der Waals surface area contributed by atoms with Crippen LogP contribution in [0.15, 0.2) is 59.1 Å². The minimum atomic E-state index is -0.298. The molecule has 0 saturated heterocycles. The Kier molecular flexibility index (Phi) is 6.16. The molecule has 0 aromatic heterocycles. The van der Waals surface area contributed by atoms with Gasteiger partial charge in [-0.3, -0.25) is 4.90 Å². The summed E-state index contributed by atoms with van der Waals surface area (Å²) < 4.78 is 6.27. The summed E-state index contributed by atoms with van der Waals surface area (Å²) in [6.45, 7) is 3.43. The van der Waals surface area contributed by atoms with Crippen LogP contribution in [0.1, 0.15) is 22.8 Å². The van der Waals surface area contributed by atoms with E-state index in [0.717, 1.165) is 11.0 Å². The largest absolute Gasteiger partial charge is 0.458 e. The van der Waals surface area contributed by atoms with Gasteiger partial charge in [0, 0.05) is 17.6 Å².